The average molecular weight is 378 g/mol. The van der Waals surface area contributed by atoms with E-state index in [0.29, 0.717) is 35.5 Å². The Morgan fingerprint density at radius 2 is 2.04 bits per heavy atom. The SMILES string of the molecule is O=C(CS(=O)(=O)c1nnc(-c2ccc(Cl)s2)o1)N1CCOCC1. The predicted molar refractivity (Wildman–Crippen MR) is 82.1 cm³/mol. The van der Waals surface area contributed by atoms with Crippen molar-refractivity contribution in [2.24, 2.45) is 0 Å². The first kappa shape index (κ1) is 16.4. The molecular weight excluding hydrogens is 366 g/mol. The summed E-state index contributed by atoms with van der Waals surface area (Å²) < 4.78 is 35.3. The number of hydrogen-bond acceptors (Lipinski definition) is 8. The molecule has 0 saturated carbocycles. The van der Waals surface area contributed by atoms with Gasteiger partial charge in [0.25, 0.3) is 5.89 Å². The lowest BCUT2D eigenvalue weighted by atomic mass is 10.4. The number of carbonyl (C=O) groups excluding carboxylic acids is 1. The van der Waals surface area contributed by atoms with Gasteiger partial charge >= 0.3 is 5.22 Å². The normalized spacial score (nSPS) is 15.8. The van der Waals surface area contributed by atoms with Gasteiger partial charge in [-0.25, -0.2) is 8.42 Å². The van der Waals surface area contributed by atoms with E-state index in [0.717, 1.165) is 0 Å². The molecule has 0 unspecified atom stereocenters. The van der Waals surface area contributed by atoms with Crippen molar-refractivity contribution in [3.8, 4) is 10.8 Å². The molecule has 1 fully saturated rings. The minimum Gasteiger partial charge on any atom is -0.407 e. The molecule has 0 N–H and O–H groups in total. The quantitative estimate of drug-likeness (QED) is 0.785. The zero-order valence-corrected chi connectivity index (χ0v) is 14.2. The van der Waals surface area contributed by atoms with E-state index < -0.39 is 26.7 Å². The number of nitrogens with zero attached hydrogens (tertiary/aromatic N) is 3. The number of rotatable bonds is 4. The van der Waals surface area contributed by atoms with E-state index in [4.69, 9.17) is 20.8 Å². The van der Waals surface area contributed by atoms with Crippen LogP contribution in [0.4, 0.5) is 0 Å². The maximum atomic E-state index is 12.2. The van der Waals surface area contributed by atoms with Crippen molar-refractivity contribution in [3.63, 3.8) is 0 Å². The molecule has 0 atom stereocenters. The van der Waals surface area contributed by atoms with E-state index >= 15 is 0 Å². The van der Waals surface area contributed by atoms with Gasteiger partial charge in [-0.3, -0.25) is 4.79 Å². The van der Waals surface area contributed by atoms with Crippen molar-refractivity contribution in [1.29, 1.82) is 0 Å². The van der Waals surface area contributed by atoms with E-state index in [1.54, 1.807) is 12.1 Å². The Bertz CT molecular complexity index is 810. The van der Waals surface area contributed by atoms with Gasteiger partial charge in [0.15, 0.2) is 0 Å². The van der Waals surface area contributed by atoms with Gasteiger partial charge in [0.05, 0.1) is 22.4 Å². The lowest BCUT2D eigenvalue weighted by molar-refractivity contribution is -0.132. The Labute approximate surface area is 140 Å². The molecule has 2 aromatic heterocycles. The summed E-state index contributed by atoms with van der Waals surface area (Å²) in [5.74, 6) is -1.16. The van der Waals surface area contributed by atoms with E-state index in [1.165, 1.54) is 16.2 Å². The van der Waals surface area contributed by atoms with Crippen LogP contribution >= 0.6 is 22.9 Å². The summed E-state index contributed by atoms with van der Waals surface area (Å²) in [4.78, 5) is 14.1. The highest BCUT2D eigenvalue weighted by Gasteiger charge is 2.29. The number of carbonyl (C=O) groups is 1. The Morgan fingerprint density at radius 1 is 1.30 bits per heavy atom. The largest absolute Gasteiger partial charge is 0.407 e. The van der Waals surface area contributed by atoms with Crippen LogP contribution in [0.5, 0.6) is 0 Å². The second-order valence-electron chi connectivity index (χ2n) is 4.73. The zero-order chi connectivity index (χ0) is 16.4. The van der Waals surface area contributed by atoms with Gasteiger partial charge < -0.3 is 14.1 Å². The topological polar surface area (TPSA) is 103 Å². The third-order valence-electron chi connectivity index (χ3n) is 3.13. The molecule has 1 aliphatic heterocycles. The molecule has 0 radical (unpaired) electrons. The molecule has 23 heavy (non-hydrogen) atoms. The number of amides is 1. The molecule has 0 bridgehead atoms. The fourth-order valence-electron chi connectivity index (χ4n) is 1.99. The summed E-state index contributed by atoms with van der Waals surface area (Å²) in [6, 6.07) is 3.29. The van der Waals surface area contributed by atoms with Crippen LogP contribution in [0.3, 0.4) is 0 Å². The minimum atomic E-state index is -3.99. The Kier molecular flexibility index (Phi) is 4.67. The van der Waals surface area contributed by atoms with Gasteiger partial charge in [-0.2, -0.15) is 0 Å². The minimum absolute atomic E-state index is 0.0549. The van der Waals surface area contributed by atoms with Crippen LogP contribution in [-0.2, 0) is 19.4 Å². The van der Waals surface area contributed by atoms with Crippen molar-refractivity contribution >= 4 is 38.7 Å². The number of thiophene rings is 1. The number of ether oxygens (including phenoxy) is 1. The van der Waals surface area contributed by atoms with Gasteiger partial charge in [0.2, 0.25) is 15.7 Å². The Morgan fingerprint density at radius 3 is 2.70 bits per heavy atom. The van der Waals surface area contributed by atoms with Gasteiger partial charge in [-0.1, -0.05) is 16.7 Å². The van der Waals surface area contributed by atoms with Crippen molar-refractivity contribution in [1.82, 2.24) is 15.1 Å². The van der Waals surface area contributed by atoms with Crippen LogP contribution in [-0.4, -0.2) is 61.5 Å². The van der Waals surface area contributed by atoms with Crippen LogP contribution in [0.2, 0.25) is 4.34 Å². The van der Waals surface area contributed by atoms with E-state index in [9.17, 15) is 13.2 Å². The van der Waals surface area contributed by atoms with Crippen molar-refractivity contribution < 1.29 is 22.4 Å². The summed E-state index contributed by atoms with van der Waals surface area (Å²) in [7, 11) is -3.99. The molecule has 3 heterocycles. The number of hydrogen-bond donors (Lipinski definition) is 0. The van der Waals surface area contributed by atoms with E-state index in [2.05, 4.69) is 10.2 Å². The van der Waals surface area contributed by atoms with Gasteiger partial charge in [0.1, 0.15) is 5.75 Å². The molecule has 0 aliphatic carbocycles. The lowest BCUT2D eigenvalue weighted by Gasteiger charge is -2.26. The highest BCUT2D eigenvalue weighted by molar-refractivity contribution is 7.91. The van der Waals surface area contributed by atoms with Crippen LogP contribution in [0.1, 0.15) is 0 Å². The first-order chi connectivity index (χ1) is 11.0. The molecule has 8 nitrogen and oxygen atoms in total. The van der Waals surface area contributed by atoms with Crippen molar-refractivity contribution in [2.75, 3.05) is 32.1 Å². The number of aromatic nitrogens is 2. The van der Waals surface area contributed by atoms with E-state index in [1.807, 2.05) is 0 Å². The summed E-state index contributed by atoms with van der Waals surface area (Å²) in [5, 5.41) is 6.66. The standard InChI is InChI=1S/C12H12ClN3O5S2/c13-9-2-1-8(22-9)11-14-15-12(21-11)23(18,19)7-10(17)16-3-5-20-6-4-16/h1-2H,3-7H2. The fourth-order valence-corrected chi connectivity index (χ4v) is 3.96. The Hall–Kier alpha value is -1.49. The van der Waals surface area contributed by atoms with Gasteiger partial charge in [-0.15, -0.1) is 16.4 Å². The zero-order valence-electron chi connectivity index (χ0n) is 11.8. The van der Waals surface area contributed by atoms with Crippen molar-refractivity contribution in [2.45, 2.75) is 5.22 Å². The second-order valence-corrected chi connectivity index (χ2v) is 8.31. The number of morpholine rings is 1. The monoisotopic (exact) mass is 377 g/mol. The second kappa shape index (κ2) is 6.56. The maximum absolute atomic E-state index is 12.2. The molecule has 3 rings (SSSR count). The Balaban J connectivity index is 1.74. The average Bonchev–Trinajstić information content (AvgIpc) is 3.16. The molecule has 1 amide bonds. The summed E-state index contributed by atoms with van der Waals surface area (Å²) in [5.41, 5.74) is 0. The van der Waals surface area contributed by atoms with Crippen LogP contribution in [0, 0.1) is 0 Å². The molecule has 1 aliphatic rings. The molecule has 0 spiro atoms. The first-order valence-corrected chi connectivity index (χ1v) is 9.48. The molecule has 11 heteroatoms. The van der Waals surface area contributed by atoms with Gasteiger partial charge in [-0.05, 0) is 12.1 Å². The third-order valence-corrected chi connectivity index (χ3v) is 5.68. The smallest absolute Gasteiger partial charge is 0.336 e. The van der Waals surface area contributed by atoms with Crippen LogP contribution in [0.15, 0.2) is 21.8 Å². The third kappa shape index (κ3) is 3.71. The highest BCUT2D eigenvalue weighted by Crippen LogP contribution is 2.30. The molecule has 2 aromatic rings. The predicted octanol–water partition coefficient (Wildman–Crippen LogP) is 1.08. The summed E-state index contributed by atoms with van der Waals surface area (Å²) in [6.45, 7) is 1.54. The number of sulfone groups is 1. The lowest BCUT2D eigenvalue weighted by Crippen LogP contribution is -2.43. The molecule has 1 saturated heterocycles. The molecule has 124 valence electrons. The fraction of sp³-hybridized carbons (Fsp3) is 0.417. The van der Waals surface area contributed by atoms with Gasteiger partial charge in [0, 0.05) is 13.1 Å². The first-order valence-electron chi connectivity index (χ1n) is 6.63. The molecule has 0 aromatic carbocycles. The van der Waals surface area contributed by atoms with Crippen molar-refractivity contribution in [3.05, 3.63) is 16.5 Å². The van der Waals surface area contributed by atoms with Crippen LogP contribution in [0.25, 0.3) is 10.8 Å². The van der Waals surface area contributed by atoms with E-state index in [-0.39, 0.29) is 5.89 Å². The maximum Gasteiger partial charge on any atom is 0.336 e. The van der Waals surface area contributed by atoms with Crippen LogP contribution < -0.4 is 0 Å². The summed E-state index contributed by atoms with van der Waals surface area (Å²) in [6.07, 6.45) is 0. The summed E-state index contributed by atoms with van der Waals surface area (Å²) >= 11 is 7.00. The molecular formula is C12H12ClN3O5S2. The number of halogens is 1. The highest BCUT2D eigenvalue weighted by atomic mass is 35.5.